The second-order valence-corrected chi connectivity index (χ2v) is 7.76. The van der Waals surface area contributed by atoms with E-state index in [2.05, 4.69) is 4.74 Å². The molecule has 2 heterocycles. The van der Waals surface area contributed by atoms with E-state index in [9.17, 15) is 19.2 Å². The molecule has 2 aliphatic heterocycles. The molecule has 0 spiro atoms. The van der Waals surface area contributed by atoms with Crippen LogP contribution in [0.2, 0.25) is 0 Å². The number of esters is 1. The Morgan fingerprint density at radius 1 is 1.16 bits per heavy atom. The van der Waals surface area contributed by atoms with E-state index < -0.39 is 17.1 Å². The van der Waals surface area contributed by atoms with Crippen LogP contribution in [0.1, 0.15) is 12.5 Å². The highest BCUT2D eigenvalue weighted by Crippen LogP contribution is 2.34. The van der Waals surface area contributed by atoms with E-state index in [4.69, 9.17) is 14.2 Å². The molecule has 10 nitrogen and oxygen atoms in total. The summed E-state index contributed by atoms with van der Waals surface area (Å²) in [7, 11) is 1.26. The zero-order chi connectivity index (χ0) is 23.1. The lowest BCUT2D eigenvalue weighted by atomic mass is 10.2. The van der Waals surface area contributed by atoms with Gasteiger partial charge in [0.2, 0.25) is 5.91 Å². The molecule has 2 aliphatic rings. The molecular formula is C21H24N2O8S. The summed E-state index contributed by atoms with van der Waals surface area (Å²) in [6, 6.07) is 4.91. The predicted molar refractivity (Wildman–Crippen MR) is 115 cm³/mol. The third-order valence-electron chi connectivity index (χ3n) is 4.67. The fourth-order valence-corrected chi connectivity index (χ4v) is 3.87. The average molecular weight is 464 g/mol. The Hall–Kier alpha value is -3.05. The highest BCUT2D eigenvalue weighted by Gasteiger charge is 2.37. The first-order valence-electron chi connectivity index (χ1n) is 10.00. The number of morpholine rings is 1. The molecule has 0 radical (unpaired) electrons. The second kappa shape index (κ2) is 11.0. The molecule has 0 bridgehead atoms. The summed E-state index contributed by atoms with van der Waals surface area (Å²) in [5.41, 5.74) is 0.601. The van der Waals surface area contributed by atoms with Gasteiger partial charge in [-0.25, -0.2) is 4.79 Å². The number of carbonyl (C=O) groups excluding carboxylic acids is 4. The summed E-state index contributed by atoms with van der Waals surface area (Å²) < 4.78 is 20.8. The maximum absolute atomic E-state index is 12.7. The van der Waals surface area contributed by atoms with Gasteiger partial charge in [0.05, 0.1) is 31.8 Å². The highest BCUT2D eigenvalue weighted by molar-refractivity contribution is 8.18. The van der Waals surface area contributed by atoms with Gasteiger partial charge in [0.25, 0.3) is 11.1 Å². The van der Waals surface area contributed by atoms with E-state index in [1.165, 1.54) is 7.11 Å². The smallest absolute Gasteiger partial charge is 0.343 e. The Morgan fingerprint density at radius 2 is 1.91 bits per heavy atom. The van der Waals surface area contributed by atoms with E-state index in [0.717, 1.165) is 16.7 Å². The Bertz CT molecular complexity index is 926. The van der Waals surface area contributed by atoms with E-state index >= 15 is 0 Å². The van der Waals surface area contributed by atoms with Gasteiger partial charge in [-0.2, -0.15) is 0 Å². The van der Waals surface area contributed by atoms with E-state index in [1.54, 1.807) is 36.1 Å². The van der Waals surface area contributed by atoms with Gasteiger partial charge < -0.3 is 23.8 Å². The van der Waals surface area contributed by atoms with Gasteiger partial charge in [0.1, 0.15) is 6.54 Å². The first kappa shape index (κ1) is 23.6. The van der Waals surface area contributed by atoms with Crippen molar-refractivity contribution in [3.63, 3.8) is 0 Å². The molecule has 32 heavy (non-hydrogen) atoms. The number of nitrogens with zero attached hydrogens (tertiary/aromatic N) is 2. The minimum absolute atomic E-state index is 0.204. The zero-order valence-electron chi connectivity index (χ0n) is 17.8. The van der Waals surface area contributed by atoms with Crippen LogP contribution < -0.4 is 9.47 Å². The summed E-state index contributed by atoms with van der Waals surface area (Å²) in [5, 5.41) is -0.495. The first-order chi connectivity index (χ1) is 15.4. The number of methoxy groups -OCH3 is 1. The van der Waals surface area contributed by atoms with Crippen molar-refractivity contribution in [2.45, 2.75) is 6.92 Å². The molecule has 172 valence electrons. The van der Waals surface area contributed by atoms with Crippen LogP contribution in [-0.2, 0) is 23.9 Å². The predicted octanol–water partition coefficient (Wildman–Crippen LogP) is 1.53. The van der Waals surface area contributed by atoms with Crippen LogP contribution in [-0.4, -0.2) is 86.0 Å². The minimum atomic E-state index is -0.531. The van der Waals surface area contributed by atoms with Crippen molar-refractivity contribution in [1.29, 1.82) is 0 Å². The van der Waals surface area contributed by atoms with Gasteiger partial charge in [-0.05, 0) is 42.5 Å². The van der Waals surface area contributed by atoms with Crippen LogP contribution in [0, 0.1) is 0 Å². The molecule has 0 unspecified atom stereocenters. The largest absolute Gasteiger partial charge is 0.490 e. The van der Waals surface area contributed by atoms with Crippen LogP contribution in [0.4, 0.5) is 4.79 Å². The Labute approximate surface area is 189 Å². The van der Waals surface area contributed by atoms with E-state index in [0.29, 0.717) is 50.0 Å². The van der Waals surface area contributed by atoms with Crippen LogP contribution in [0.5, 0.6) is 11.5 Å². The topological polar surface area (TPSA) is 112 Å². The van der Waals surface area contributed by atoms with Crippen molar-refractivity contribution in [3.8, 4) is 11.5 Å². The molecule has 1 aromatic carbocycles. The molecular weight excluding hydrogens is 440 g/mol. The van der Waals surface area contributed by atoms with Gasteiger partial charge in [-0.15, -0.1) is 0 Å². The molecule has 0 aliphatic carbocycles. The molecule has 11 heteroatoms. The minimum Gasteiger partial charge on any atom is -0.490 e. The molecule has 2 fully saturated rings. The maximum atomic E-state index is 12.7. The zero-order valence-corrected chi connectivity index (χ0v) is 18.6. The van der Waals surface area contributed by atoms with Crippen molar-refractivity contribution >= 4 is 40.9 Å². The van der Waals surface area contributed by atoms with Crippen molar-refractivity contribution in [2.75, 3.05) is 53.2 Å². The quantitative estimate of drug-likeness (QED) is 0.418. The van der Waals surface area contributed by atoms with Crippen molar-refractivity contribution in [3.05, 3.63) is 28.7 Å². The van der Waals surface area contributed by atoms with Crippen LogP contribution in [0.3, 0.4) is 0 Å². The summed E-state index contributed by atoms with van der Waals surface area (Å²) >= 11 is 0.776. The number of amides is 3. The van der Waals surface area contributed by atoms with E-state index in [1.807, 2.05) is 0 Å². The van der Waals surface area contributed by atoms with Crippen LogP contribution >= 0.6 is 11.8 Å². The number of hydrogen-bond donors (Lipinski definition) is 0. The lowest BCUT2D eigenvalue weighted by molar-refractivity contribution is -0.143. The lowest BCUT2D eigenvalue weighted by Gasteiger charge is -2.28. The normalized spacial score (nSPS) is 17.6. The van der Waals surface area contributed by atoms with Crippen molar-refractivity contribution in [2.24, 2.45) is 0 Å². The lowest BCUT2D eigenvalue weighted by Crippen LogP contribution is -2.46. The number of ether oxygens (including phenoxy) is 4. The molecule has 0 N–H and O–H groups in total. The summed E-state index contributed by atoms with van der Waals surface area (Å²) in [4.78, 5) is 51.6. The Morgan fingerprint density at radius 3 is 2.59 bits per heavy atom. The Balaban J connectivity index is 1.72. The van der Waals surface area contributed by atoms with Gasteiger partial charge in [0, 0.05) is 13.1 Å². The van der Waals surface area contributed by atoms with Gasteiger partial charge in [-0.3, -0.25) is 19.3 Å². The third kappa shape index (κ3) is 5.80. The summed E-state index contributed by atoms with van der Waals surface area (Å²) in [6.07, 6.45) is 1.55. The summed E-state index contributed by atoms with van der Waals surface area (Å²) in [6.45, 7) is 3.35. The van der Waals surface area contributed by atoms with E-state index in [-0.39, 0.29) is 24.0 Å². The Kier molecular flexibility index (Phi) is 8.12. The van der Waals surface area contributed by atoms with Gasteiger partial charge >= 0.3 is 5.97 Å². The SMILES string of the molecule is CCOc1cc(/C=C2\SC(=O)N(CC(=O)N3CCOCC3)C2=O)ccc1OCC(=O)OC. The number of benzene rings is 1. The fraction of sp³-hybridized carbons (Fsp3) is 0.429. The van der Waals surface area contributed by atoms with Gasteiger partial charge in [0.15, 0.2) is 18.1 Å². The average Bonchev–Trinajstić information content (AvgIpc) is 3.06. The first-order valence-corrected chi connectivity index (χ1v) is 10.8. The third-order valence-corrected chi connectivity index (χ3v) is 5.58. The number of rotatable bonds is 8. The number of imide groups is 1. The second-order valence-electron chi connectivity index (χ2n) is 6.77. The molecule has 2 saturated heterocycles. The van der Waals surface area contributed by atoms with Crippen molar-refractivity contribution in [1.82, 2.24) is 9.80 Å². The number of thioether (sulfide) groups is 1. The fourth-order valence-electron chi connectivity index (χ4n) is 3.03. The molecule has 0 aromatic heterocycles. The molecule has 0 atom stereocenters. The van der Waals surface area contributed by atoms with Crippen LogP contribution in [0.25, 0.3) is 6.08 Å². The molecule has 3 rings (SSSR count). The van der Waals surface area contributed by atoms with Crippen molar-refractivity contribution < 1.29 is 38.1 Å². The standard InChI is InChI=1S/C21H24N2O8S/c1-3-30-16-10-14(4-5-15(16)31-13-19(25)28-2)11-17-20(26)23(21(27)32-17)12-18(24)22-6-8-29-9-7-22/h4-5,10-11H,3,6-9,12-13H2,1-2H3/b17-11-. The molecule has 0 saturated carbocycles. The highest BCUT2D eigenvalue weighted by atomic mass is 32.2. The van der Waals surface area contributed by atoms with Gasteiger partial charge in [-0.1, -0.05) is 6.07 Å². The number of carbonyl (C=O) groups is 4. The summed E-state index contributed by atoms with van der Waals surface area (Å²) in [5.74, 6) is -0.615. The molecule has 1 aromatic rings. The maximum Gasteiger partial charge on any atom is 0.343 e. The molecule has 3 amide bonds. The monoisotopic (exact) mass is 464 g/mol. The van der Waals surface area contributed by atoms with Crippen LogP contribution in [0.15, 0.2) is 23.1 Å². The number of hydrogen-bond acceptors (Lipinski definition) is 9.